The van der Waals surface area contributed by atoms with Gasteiger partial charge in [0.15, 0.2) is 0 Å². The van der Waals surface area contributed by atoms with E-state index in [1.165, 1.54) is 10.5 Å². The van der Waals surface area contributed by atoms with E-state index < -0.39 is 0 Å². The van der Waals surface area contributed by atoms with Gasteiger partial charge in [0.05, 0.1) is 6.26 Å². The first-order chi connectivity index (χ1) is 9.22. The molecule has 1 aromatic heterocycles. The lowest BCUT2D eigenvalue weighted by Crippen LogP contribution is -2.28. The van der Waals surface area contributed by atoms with Crippen LogP contribution >= 0.6 is 11.8 Å². The van der Waals surface area contributed by atoms with E-state index in [4.69, 9.17) is 4.42 Å². The van der Waals surface area contributed by atoms with E-state index in [9.17, 15) is 0 Å². The third kappa shape index (κ3) is 3.64. The van der Waals surface area contributed by atoms with Gasteiger partial charge in [0.25, 0.3) is 0 Å². The molecule has 2 atom stereocenters. The molecule has 0 aliphatic heterocycles. The average Bonchev–Trinajstić information content (AvgIpc) is 2.82. The second-order valence-corrected chi connectivity index (χ2v) is 6.03. The maximum Gasteiger partial charge on any atom is 0.114 e. The number of benzene rings is 1. The van der Waals surface area contributed by atoms with Crippen molar-refractivity contribution >= 4 is 11.8 Å². The van der Waals surface area contributed by atoms with Crippen LogP contribution in [0.25, 0.3) is 0 Å². The largest absolute Gasteiger partial charge is 0.468 e. The summed E-state index contributed by atoms with van der Waals surface area (Å²) in [4.78, 5) is 1.23. The smallest absolute Gasteiger partial charge is 0.114 e. The fourth-order valence-corrected chi connectivity index (χ4v) is 3.34. The zero-order valence-electron chi connectivity index (χ0n) is 11.7. The number of hydrogen-bond donors (Lipinski definition) is 1. The monoisotopic (exact) mass is 275 g/mol. The van der Waals surface area contributed by atoms with Crippen LogP contribution in [0, 0.1) is 6.92 Å². The number of rotatable bonds is 6. The van der Waals surface area contributed by atoms with E-state index in [1.807, 2.05) is 24.8 Å². The Hall–Kier alpha value is -1.19. The number of thioether (sulfide) groups is 1. The molecule has 1 N–H and O–H groups in total. The summed E-state index contributed by atoms with van der Waals surface area (Å²) >= 11 is 1.86. The van der Waals surface area contributed by atoms with Crippen molar-refractivity contribution in [3.63, 3.8) is 0 Å². The van der Waals surface area contributed by atoms with Crippen LogP contribution in [0.15, 0.2) is 52.0 Å². The topological polar surface area (TPSA) is 25.2 Å². The average molecular weight is 275 g/mol. The maximum atomic E-state index is 5.37. The standard InChI is InChI=1S/C16H21NOS/c1-4-17-16(14-8-6-5-7-9-14)13(3)19-15-10-11-18-12(15)2/h5-11,13,16-17H,4H2,1-3H3. The molecular weight excluding hydrogens is 254 g/mol. The second-order valence-electron chi connectivity index (χ2n) is 4.61. The third-order valence-electron chi connectivity index (χ3n) is 3.18. The van der Waals surface area contributed by atoms with Crippen LogP contribution in [-0.2, 0) is 0 Å². The third-order valence-corrected chi connectivity index (χ3v) is 4.50. The van der Waals surface area contributed by atoms with Crippen molar-refractivity contribution in [1.29, 1.82) is 0 Å². The highest BCUT2D eigenvalue weighted by molar-refractivity contribution is 8.00. The van der Waals surface area contributed by atoms with Crippen LogP contribution < -0.4 is 5.32 Å². The highest BCUT2D eigenvalue weighted by Crippen LogP contribution is 2.34. The Morgan fingerprint density at radius 1 is 1.21 bits per heavy atom. The van der Waals surface area contributed by atoms with E-state index in [1.54, 1.807) is 6.26 Å². The normalized spacial score (nSPS) is 14.3. The Kier molecular flexibility index (Phi) is 5.11. The van der Waals surface area contributed by atoms with E-state index in [-0.39, 0.29) is 0 Å². The number of hydrogen-bond acceptors (Lipinski definition) is 3. The summed E-state index contributed by atoms with van der Waals surface area (Å²) in [7, 11) is 0. The van der Waals surface area contributed by atoms with Gasteiger partial charge < -0.3 is 9.73 Å². The van der Waals surface area contributed by atoms with Crippen LogP contribution in [0.1, 0.15) is 31.2 Å². The maximum absolute atomic E-state index is 5.37. The minimum absolute atomic E-state index is 0.352. The first-order valence-electron chi connectivity index (χ1n) is 6.71. The molecule has 2 nitrogen and oxygen atoms in total. The van der Waals surface area contributed by atoms with Gasteiger partial charge in [-0.05, 0) is 25.1 Å². The van der Waals surface area contributed by atoms with Gasteiger partial charge in [-0.2, -0.15) is 0 Å². The van der Waals surface area contributed by atoms with Crippen molar-refractivity contribution in [1.82, 2.24) is 5.32 Å². The minimum atomic E-state index is 0.352. The zero-order valence-corrected chi connectivity index (χ0v) is 12.5. The molecule has 0 aliphatic rings. The Morgan fingerprint density at radius 3 is 2.53 bits per heavy atom. The summed E-state index contributed by atoms with van der Waals surface area (Å²) in [6.45, 7) is 7.39. The first-order valence-corrected chi connectivity index (χ1v) is 7.59. The van der Waals surface area contributed by atoms with Gasteiger partial charge >= 0.3 is 0 Å². The molecule has 0 spiro atoms. The lowest BCUT2D eigenvalue weighted by Gasteiger charge is -2.24. The lowest BCUT2D eigenvalue weighted by atomic mass is 10.0. The number of nitrogens with one attached hydrogen (secondary N) is 1. The van der Waals surface area contributed by atoms with Crippen LogP contribution in [0.4, 0.5) is 0 Å². The predicted octanol–water partition coefficient (Wildman–Crippen LogP) is 4.42. The fraction of sp³-hybridized carbons (Fsp3) is 0.375. The second kappa shape index (κ2) is 6.83. The molecule has 0 aliphatic carbocycles. The lowest BCUT2D eigenvalue weighted by molar-refractivity contribution is 0.525. The summed E-state index contributed by atoms with van der Waals surface area (Å²) in [5, 5.41) is 4.02. The van der Waals surface area contributed by atoms with E-state index in [2.05, 4.69) is 49.5 Å². The van der Waals surface area contributed by atoms with Crippen LogP contribution in [0.5, 0.6) is 0 Å². The molecule has 0 saturated heterocycles. The highest BCUT2D eigenvalue weighted by Gasteiger charge is 2.20. The SMILES string of the molecule is CCNC(c1ccccc1)C(C)Sc1ccoc1C. The van der Waals surface area contributed by atoms with Crippen molar-refractivity contribution in [2.45, 2.75) is 37.0 Å². The molecule has 0 fully saturated rings. The van der Waals surface area contributed by atoms with Gasteiger partial charge in [-0.3, -0.25) is 0 Å². The van der Waals surface area contributed by atoms with E-state index >= 15 is 0 Å². The zero-order chi connectivity index (χ0) is 13.7. The molecule has 0 saturated carbocycles. The molecule has 0 radical (unpaired) electrons. The van der Waals surface area contributed by atoms with Crippen LogP contribution in [0.3, 0.4) is 0 Å². The summed E-state index contributed by atoms with van der Waals surface area (Å²) < 4.78 is 5.37. The van der Waals surface area contributed by atoms with Gasteiger partial charge in [0.1, 0.15) is 5.76 Å². The Bertz CT molecular complexity index is 494. The van der Waals surface area contributed by atoms with Crippen molar-refractivity contribution in [3.8, 4) is 0 Å². The summed E-state index contributed by atoms with van der Waals surface area (Å²) in [5.41, 5.74) is 1.34. The Balaban J connectivity index is 2.13. The van der Waals surface area contributed by atoms with Crippen molar-refractivity contribution in [2.24, 2.45) is 0 Å². The van der Waals surface area contributed by atoms with Gasteiger partial charge in [0, 0.05) is 16.2 Å². The predicted molar refractivity (Wildman–Crippen MR) is 81.6 cm³/mol. The molecule has 0 amide bonds. The van der Waals surface area contributed by atoms with Gasteiger partial charge in [-0.25, -0.2) is 0 Å². The number of furan rings is 1. The first kappa shape index (κ1) is 14.2. The molecule has 2 aromatic rings. The number of aryl methyl sites for hydroxylation is 1. The van der Waals surface area contributed by atoms with Crippen molar-refractivity contribution in [3.05, 3.63) is 54.0 Å². The molecular formula is C16H21NOS. The van der Waals surface area contributed by atoms with Crippen LogP contribution in [0.2, 0.25) is 0 Å². The molecule has 19 heavy (non-hydrogen) atoms. The Morgan fingerprint density at radius 2 is 1.95 bits per heavy atom. The van der Waals surface area contributed by atoms with E-state index in [0.717, 1.165) is 12.3 Å². The molecule has 102 valence electrons. The molecule has 2 rings (SSSR count). The molecule has 1 aromatic carbocycles. The highest BCUT2D eigenvalue weighted by atomic mass is 32.2. The van der Waals surface area contributed by atoms with Crippen molar-refractivity contribution in [2.75, 3.05) is 6.54 Å². The molecule has 0 bridgehead atoms. The van der Waals surface area contributed by atoms with Crippen LogP contribution in [-0.4, -0.2) is 11.8 Å². The Labute approximate surface area is 119 Å². The minimum Gasteiger partial charge on any atom is -0.468 e. The van der Waals surface area contributed by atoms with Crippen molar-refractivity contribution < 1.29 is 4.42 Å². The molecule has 3 heteroatoms. The van der Waals surface area contributed by atoms with Gasteiger partial charge in [0.2, 0.25) is 0 Å². The van der Waals surface area contributed by atoms with E-state index in [0.29, 0.717) is 11.3 Å². The summed E-state index contributed by atoms with van der Waals surface area (Å²) in [6, 6.07) is 13.0. The molecule has 2 unspecified atom stereocenters. The molecule has 1 heterocycles. The fourth-order valence-electron chi connectivity index (χ4n) is 2.20. The summed E-state index contributed by atoms with van der Waals surface area (Å²) in [5.74, 6) is 1.00. The summed E-state index contributed by atoms with van der Waals surface area (Å²) in [6.07, 6.45) is 1.76. The van der Waals surface area contributed by atoms with Gasteiger partial charge in [-0.1, -0.05) is 44.2 Å². The van der Waals surface area contributed by atoms with Gasteiger partial charge in [-0.15, -0.1) is 11.8 Å². The quantitative estimate of drug-likeness (QED) is 0.790.